The summed E-state index contributed by atoms with van der Waals surface area (Å²) in [5.41, 5.74) is 0.924. The van der Waals surface area contributed by atoms with E-state index < -0.39 is 6.10 Å². The zero-order valence-electron chi connectivity index (χ0n) is 9.29. The molecule has 17 heavy (non-hydrogen) atoms. The van der Waals surface area contributed by atoms with Crippen LogP contribution in [0, 0.1) is 5.92 Å². The lowest BCUT2D eigenvalue weighted by molar-refractivity contribution is 0.0897. The van der Waals surface area contributed by atoms with Gasteiger partial charge in [0.05, 0.1) is 11.8 Å². The number of aromatic nitrogens is 2. The summed E-state index contributed by atoms with van der Waals surface area (Å²) in [5, 5.41) is 18.7. The molecule has 0 aliphatic heterocycles. The van der Waals surface area contributed by atoms with Crippen LogP contribution in [0.5, 0.6) is 5.88 Å². The summed E-state index contributed by atoms with van der Waals surface area (Å²) in [5.74, 6) is 0.466. The minimum Gasteiger partial charge on any atom is -0.474 e. The zero-order valence-corrected chi connectivity index (χ0v) is 11.4. The first kappa shape index (κ1) is 13.0. The van der Waals surface area contributed by atoms with Gasteiger partial charge in [-0.25, -0.2) is 9.97 Å². The van der Waals surface area contributed by atoms with Gasteiger partial charge in [0.2, 0.25) is 5.88 Å². The molecule has 5 nitrogen and oxygen atoms in total. The Labute approximate surface area is 113 Å². The molecule has 1 aliphatic rings. The molecule has 0 radical (unpaired) electrons. The number of hydrogen-bond donors (Lipinski definition) is 2. The Bertz CT molecular complexity index is 377. The second kappa shape index (κ2) is 5.92. The van der Waals surface area contributed by atoms with Gasteiger partial charge in [-0.05, 0) is 6.42 Å². The van der Waals surface area contributed by atoms with Crippen LogP contribution in [0.1, 0.15) is 18.5 Å². The fourth-order valence-corrected chi connectivity index (χ4v) is 2.45. The molecule has 6 heteroatoms. The molecule has 1 heterocycles. The molecular formula is C11H15IN2O3. The highest BCUT2D eigenvalue weighted by atomic mass is 127. The number of halogens is 1. The van der Waals surface area contributed by atoms with E-state index in [4.69, 9.17) is 9.84 Å². The Hall–Kier alpha value is -0.470. The number of aliphatic hydroxyl groups excluding tert-OH is 2. The van der Waals surface area contributed by atoms with Gasteiger partial charge in [0, 0.05) is 29.4 Å². The summed E-state index contributed by atoms with van der Waals surface area (Å²) in [6.07, 6.45) is 2.16. The summed E-state index contributed by atoms with van der Waals surface area (Å²) in [6.45, 7) is 0.00377. The average Bonchev–Trinajstić information content (AvgIpc) is 2.69. The lowest BCUT2D eigenvalue weighted by Crippen LogP contribution is -2.16. The van der Waals surface area contributed by atoms with Crippen molar-refractivity contribution in [2.45, 2.75) is 29.5 Å². The van der Waals surface area contributed by atoms with Gasteiger partial charge in [-0.2, -0.15) is 0 Å². The molecule has 1 aromatic heterocycles. The summed E-state index contributed by atoms with van der Waals surface area (Å²) < 4.78 is 6.50. The minimum atomic E-state index is -0.476. The normalized spacial score (nSPS) is 28.3. The van der Waals surface area contributed by atoms with E-state index in [1.54, 1.807) is 0 Å². The van der Waals surface area contributed by atoms with Crippen molar-refractivity contribution in [2.75, 3.05) is 6.61 Å². The Morgan fingerprint density at radius 2 is 2.24 bits per heavy atom. The summed E-state index contributed by atoms with van der Waals surface area (Å²) in [7, 11) is 0. The summed E-state index contributed by atoms with van der Waals surface area (Å²) in [4.78, 5) is 8.14. The maximum atomic E-state index is 9.66. The number of nitrogens with zero attached hydrogens (tertiary/aromatic N) is 2. The van der Waals surface area contributed by atoms with Gasteiger partial charge in [0.25, 0.3) is 0 Å². The summed E-state index contributed by atoms with van der Waals surface area (Å²) in [6, 6.07) is 1.81. The monoisotopic (exact) mass is 350 g/mol. The number of rotatable bonds is 4. The first-order valence-corrected chi connectivity index (χ1v) is 7.08. The predicted octanol–water partition coefficient (Wildman–Crippen LogP) is 0.922. The van der Waals surface area contributed by atoms with Crippen molar-refractivity contribution in [3.63, 3.8) is 0 Å². The molecule has 0 spiro atoms. The van der Waals surface area contributed by atoms with Gasteiger partial charge in [-0.3, -0.25) is 0 Å². The van der Waals surface area contributed by atoms with E-state index in [0.29, 0.717) is 18.7 Å². The van der Waals surface area contributed by atoms with Crippen LogP contribution >= 0.6 is 22.6 Å². The third kappa shape index (κ3) is 3.26. The van der Waals surface area contributed by atoms with E-state index in [0.717, 1.165) is 10.1 Å². The lowest BCUT2D eigenvalue weighted by atomic mass is 10.1. The number of ether oxygens (including phenoxy) is 1. The third-order valence-corrected chi connectivity index (χ3v) is 3.75. The van der Waals surface area contributed by atoms with Crippen LogP contribution in [0.3, 0.4) is 0 Å². The molecule has 1 aliphatic carbocycles. The fraction of sp³-hybridized carbons (Fsp3) is 0.636. The maximum absolute atomic E-state index is 9.66. The van der Waals surface area contributed by atoms with Crippen LogP contribution in [0.2, 0.25) is 0 Å². The molecule has 2 rings (SSSR count). The van der Waals surface area contributed by atoms with Crippen molar-refractivity contribution in [3.8, 4) is 5.88 Å². The van der Waals surface area contributed by atoms with Gasteiger partial charge >= 0.3 is 0 Å². The molecule has 1 saturated carbocycles. The lowest BCUT2D eigenvalue weighted by Gasteiger charge is -2.12. The Kier molecular flexibility index (Phi) is 4.52. The third-order valence-electron chi connectivity index (χ3n) is 2.97. The molecule has 1 fully saturated rings. The average molecular weight is 350 g/mol. The van der Waals surface area contributed by atoms with Crippen LogP contribution in [0.25, 0.3) is 0 Å². The molecule has 0 aromatic carbocycles. The maximum Gasteiger partial charge on any atom is 0.216 e. The highest BCUT2D eigenvalue weighted by molar-refractivity contribution is 14.1. The zero-order chi connectivity index (χ0) is 12.3. The molecule has 0 bridgehead atoms. The topological polar surface area (TPSA) is 75.5 Å². The Balaban J connectivity index is 1.97. The second-order valence-corrected chi connectivity index (χ2v) is 4.97. The number of hydrogen-bond acceptors (Lipinski definition) is 5. The van der Waals surface area contributed by atoms with Crippen molar-refractivity contribution >= 4 is 22.6 Å². The molecule has 94 valence electrons. The number of alkyl halides is 1. The smallest absolute Gasteiger partial charge is 0.216 e. The van der Waals surface area contributed by atoms with Crippen molar-refractivity contribution in [1.82, 2.24) is 9.97 Å². The van der Waals surface area contributed by atoms with Crippen LogP contribution in [-0.4, -0.2) is 39.0 Å². The first-order chi connectivity index (χ1) is 8.22. The van der Waals surface area contributed by atoms with Crippen LogP contribution in [-0.2, 0) is 4.43 Å². The van der Waals surface area contributed by atoms with E-state index in [1.165, 1.54) is 6.33 Å². The van der Waals surface area contributed by atoms with Gasteiger partial charge in [0.15, 0.2) is 0 Å². The van der Waals surface area contributed by atoms with Crippen molar-refractivity contribution < 1.29 is 14.9 Å². The SMILES string of the molecule is OC[C@@H]1C[C@@H](Oc2cc(CI)ncn2)C[C@@H]1O. The fourth-order valence-electron chi connectivity index (χ4n) is 2.03. The Morgan fingerprint density at radius 1 is 1.41 bits per heavy atom. The van der Waals surface area contributed by atoms with Gasteiger partial charge in [-0.1, -0.05) is 22.6 Å². The standard InChI is InChI=1S/C11H15IN2O3/c12-4-8-2-11(14-6-13-8)17-9-1-7(5-15)10(16)3-9/h2,6-7,9-10,15-16H,1,3-5H2/t7-,9+,10-/m0/s1. The predicted molar refractivity (Wildman–Crippen MR) is 70.0 cm³/mol. The molecule has 0 unspecified atom stereocenters. The quantitative estimate of drug-likeness (QED) is 0.624. The van der Waals surface area contributed by atoms with E-state index in [2.05, 4.69) is 32.6 Å². The van der Waals surface area contributed by atoms with Gasteiger partial charge in [0.1, 0.15) is 12.4 Å². The molecule has 0 saturated heterocycles. The molecular weight excluding hydrogens is 335 g/mol. The molecule has 0 amide bonds. The van der Waals surface area contributed by atoms with Crippen LogP contribution in [0.4, 0.5) is 0 Å². The largest absolute Gasteiger partial charge is 0.474 e. The minimum absolute atomic E-state index is 0.00377. The number of aliphatic hydroxyl groups is 2. The van der Waals surface area contributed by atoms with E-state index in [9.17, 15) is 5.11 Å². The van der Waals surface area contributed by atoms with Crippen LogP contribution < -0.4 is 4.74 Å². The van der Waals surface area contributed by atoms with Gasteiger partial charge < -0.3 is 14.9 Å². The molecule has 2 N–H and O–H groups in total. The molecule has 1 aromatic rings. The van der Waals surface area contributed by atoms with Gasteiger partial charge in [-0.15, -0.1) is 0 Å². The van der Waals surface area contributed by atoms with E-state index >= 15 is 0 Å². The van der Waals surface area contributed by atoms with Crippen molar-refractivity contribution in [2.24, 2.45) is 5.92 Å². The highest BCUT2D eigenvalue weighted by Gasteiger charge is 2.33. The first-order valence-electron chi connectivity index (χ1n) is 5.55. The molecule has 3 atom stereocenters. The second-order valence-electron chi connectivity index (χ2n) is 4.20. The van der Waals surface area contributed by atoms with Crippen LogP contribution in [0.15, 0.2) is 12.4 Å². The Morgan fingerprint density at radius 3 is 2.88 bits per heavy atom. The van der Waals surface area contributed by atoms with E-state index in [1.807, 2.05) is 6.07 Å². The summed E-state index contributed by atoms with van der Waals surface area (Å²) >= 11 is 2.23. The van der Waals surface area contributed by atoms with Crippen molar-refractivity contribution in [1.29, 1.82) is 0 Å². The van der Waals surface area contributed by atoms with Crippen molar-refractivity contribution in [3.05, 3.63) is 18.1 Å². The van der Waals surface area contributed by atoms with E-state index in [-0.39, 0.29) is 18.6 Å². The highest BCUT2D eigenvalue weighted by Crippen LogP contribution is 2.28.